The number of hydrogen-bond acceptors (Lipinski definition) is 30. The first kappa shape index (κ1) is 62.1. The third kappa shape index (κ3) is 19.3. The molecule has 0 aliphatic carbocycles. The standard InChI is InChI=1S/C40H74O28S2/c41-17-21-25(45)27(47)31(51)39(63-21)67-35-23(19-43)65-37(33(53)29(35)49)61-11-9-57-3-1-55-5-7-59-13-15-69-70-16-14-60-8-6-56-2-4-58-10-12-62-38-34(54)30(50)36(24(20-44)66-38)68-40-32(52)28(48)26(46)22(18-42)64-40/h21-54H,1-20H2/t21-,22-,23-,24-,25+,26+,27+,28+,29-,30-,31-,32-,33-,34-,35-,36-,37-,38-,39+,40+/m1/s1. The Balaban J connectivity index is 0.883. The molecule has 4 saturated heterocycles. The lowest BCUT2D eigenvalue weighted by molar-refractivity contribution is -0.359. The Morgan fingerprint density at radius 3 is 0.871 bits per heavy atom. The second-order valence-electron chi connectivity index (χ2n) is 16.1. The summed E-state index contributed by atoms with van der Waals surface area (Å²) in [5, 5.41) is 141. The van der Waals surface area contributed by atoms with Gasteiger partial charge in [0, 0.05) is 11.5 Å². The molecule has 4 aliphatic rings. The predicted octanol–water partition coefficient (Wildman–Crippen LogP) is -8.25. The van der Waals surface area contributed by atoms with E-state index in [1.54, 1.807) is 21.6 Å². The Kier molecular flexibility index (Phi) is 30.4. The van der Waals surface area contributed by atoms with E-state index in [2.05, 4.69) is 0 Å². The molecule has 0 aromatic rings. The van der Waals surface area contributed by atoms with Crippen molar-refractivity contribution in [1.29, 1.82) is 0 Å². The summed E-state index contributed by atoms with van der Waals surface area (Å²) in [5.41, 5.74) is 0. The molecule has 20 atom stereocenters. The largest absolute Gasteiger partial charge is 0.394 e. The molecule has 0 aromatic heterocycles. The number of aliphatic hydroxyl groups excluding tert-OH is 14. The number of ether oxygens (including phenoxy) is 14. The van der Waals surface area contributed by atoms with Crippen LogP contribution >= 0.6 is 21.6 Å². The summed E-state index contributed by atoms with van der Waals surface area (Å²) < 4.78 is 76.7. The molecule has 414 valence electrons. The average Bonchev–Trinajstić information content (AvgIpc) is 3.36. The number of hydrogen-bond donors (Lipinski definition) is 14. The highest BCUT2D eigenvalue weighted by atomic mass is 33.1. The van der Waals surface area contributed by atoms with Gasteiger partial charge in [-0.3, -0.25) is 0 Å². The molecular weight excluding hydrogens is 993 g/mol. The normalized spacial score (nSPS) is 38.3. The van der Waals surface area contributed by atoms with Crippen molar-refractivity contribution in [3.63, 3.8) is 0 Å². The quantitative estimate of drug-likeness (QED) is 0.0207. The highest BCUT2D eigenvalue weighted by molar-refractivity contribution is 8.76. The number of rotatable bonds is 35. The van der Waals surface area contributed by atoms with E-state index < -0.39 is 149 Å². The minimum atomic E-state index is -1.77. The molecule has 0 radical (unpaired) electrons. The highest BCUT2D eigenvalue weighted by Crippen LogP contribution is 2.31. The third-order valence-electron chi connectivity index (χ3n) is 11.1. The van der Waals surface area contributed by atoms with Gasteiger partial charge in [0.25, 0.3) is 0 Å². The monoisotopic (exact) mass is 1070 g/mol. The molecule has 70 heavy (non-hydrogen) atoms. The van der Waals surface area contributed by atoms with Crippen LogP contribution < -0.4 is 0 Å². The smallest absolute Gasteiger partial charge is 0.187 e. The Labute approximate surface area is 411 Å². The van der Waals surface area contributed by atoms with Crippen molar-refractivity contribution in [1.82, 2.24) is 0 Å². The van der Waals surface area contributed by atoms with Crippen LogP contribution in [0.1, 0.15) is 0 Å². The maximum Gasteiger partial charge on any atom is 0.187 e. The van der Waals surface area contributed by atoms with E-state index in [0.29, 0.717) is 52.9 Å². The van der Waals surface area contributed by atoms with Crippen LogP contribution in [0.3, 0.4) is 0 Å². The summed E-state index contributed by atoms with van der Waals surface area (Å²) in [6.07, 6.45) is -30.7. The molecule has 4 heterocycles. The fraction of sp³-hybridized carbons (Fsp3) is 1.00. The van der Waals surface area contributed by atoms with E-state index in [9.17, 15) is 71.5 Å². The summed E-state index contributed by atoms with van der Waals surface area (Å²) >= 11 is 0. The SMILES string of the molecule is OC[C@H]1O[C@@H](O[C@H]2[C@H](O)[C@@H](O)[C@H](OCCOCCOCCOCCSSCCOCCOCCOCCO[C@@H]3O[C@H](CO)[C@@H](O[C@@H]4O[C@H](CO)[C@H](O)[C@H](O)[C@H]4O)[C@H](O)[C@H]3O)O[C@@H]2CO)[C@H](O)[C@@H](O)[C@H]1O. The maximum atomic E-state index is 10.7. The molecule has 0 saturated carbocycles. The van der Waals surface area contributed by atoms with E-state index in [1.807, 2.05) is 0 Å². The van der Waals surface area contributed by atoms with E-state index in [4.69, 9.17) is 66.3 Å². The average molecular weight is 1070 g/mol. The second kappa shape index (κ2) is 34.3. The van der Waals surface area contributed by atoms with Crippen LogP contribution in [-0.4, -0.2) is 325 Å². The van der Waals surface area contributed by atoms with E-state index >= 15 is 0 Å². The summed E-state index contributed by atoms with van der Waals surface area (Å²) in [6, 6.07) is 0. The van der Waals surface area contributed by atoms with Crippen molar-refractivity contribution in [3.05, 3.63) is 0 Å². The molecule has 4 aliphatic heterocycles. The van der Waals surface area contributed by atoms with Gasteiger partial charge in [0.2, 0.25) is 0 Å². The minimum absolute atomic E-state index is 0.0397. The molecule has 4 fully saturated rings. The van der Waals surface area contributed by atoms with Crippen molar-refractivity contribution in [2.24, 2.45) is 0 Å². The molecule has 28 nitrogen and oxygen atoms in total. The van der Waals surface area contributed by atoms with Gasteiger partial charge in [-0.05, 0) is 0 Å². The summed E-state index contributed by atoms with van der Waals surface area (Å²) in [7, 11) is 3.30. The second-order valence-corrected chi connectivity index (χ2v) is 18.8. The first-order valence-electron chi connectivity index (χ1n) is 22.9. The lowest BCUT2D eigenvalue weighted by Crippen LogP contribution is -2.64. The molecule has 4 rings (SSSR count). The van der Waals surface area contributed by atoms with E-state index in [0.717, 1.165) is 11.5 Å². The predicted molar refractivity (Wildman–Crippen MR) is 235 cm³/mol. The fourth-order valence-corrected chi connectivity index (χ4v) is 8.94. The van der Waals surface area contributed by atoms with Crippen molar-refractivity contribution in [2.75, 3.05) is 130 Å². The van der Waals surface area contributed by atoms with Gasteiger partial charge in [-0.2, -0.15) is 0 Å². The van der Waals surface area contributed by atoms with E-state index in [-0.39, 0.29) is 39.6 Å². The summed E-state index contributed by atoms with van der Waals surface area (Å²) in [6.45, 7) is 1.04. The Morgan fingerprint density at radius 2 is 0.557 bits per heavy atom. The molecule has 0 spiro atoms. The Bertz CT molecular complexity index is 1240. The zero-order valence-electron chi connectivity index (χ0n) is 38.5. The molecular formula is C40H74O28S2. The highest BCUT2D eigenvalue weighted by Gasteiger charge is 2.52. The van der Waals surface area contributed by atoms with Gasteiger partial charge >= 0.3 is 0 Å². The minimum Gasteiger partial charge on any atom is -0.394 e. The lowest BCUT2D eigenvalue weighted by Gasteiger charge is -2.45. The first-order chi connectivity index (χ1) is 33.8. The molecule has 0 unspecified atom stereocenters. The molecule has 0 bridgehead atoms. The lowest BCUT2D eigenvalue weighted by atomic mass is 9.97. The van der Waals surface area contributed by atoms with Crippen molar-refractivity contribution in [3.8, 4) is 0 Å². The molecule has 30 heteroatoms. The zero-order chi connectivity index (χ0) is 51.0. The van der Waals surface area contributed by atoms with Crippen LogP contribution in [0.5, 0.6) is 0 Å². The number of aliphatic hydroxyl groups is 14. The van der Waals surface area contributed by atoms with Crippen LogP contribution in [-0.2, 0) is 66.3 Å². The van der Waals surface area contributed by atoms with Gasteiger partial charge in [-0.15, -0.1) is 0 Å². The maximum absolute atomic E-state index is 10.7. The summed E-state index contributed by atoms with van der Waals surface area (Å²) in [4.78, 5) is 0. The van der Waals surface area contributed by atoms with Crippen LogP contribution in [0.4, 0.5) is 0 Å². The van der Waals surface area contributed by atoms with Gasteiger partial charge in [0.05, 0.1) is 119 Å². The zero-order valence-corrected chi connectivity index (χ0v) is 40.1. The van der Waals surface area contributed by atoms with Gasteiger partial charge < -0.3 is 138 Å². The van der Waals surface area contributed by atoms with E-state index in [1.165, 1.54) is 0 Å². The van der Waals surface area contributed by atoms with Crippen LogP contribution in [0.25, 0.3) is 0 Å². The van der Waals surface area contributed by atoms with Gasteiger partial charge in [-0.1, -0.05) is 21.6 Å². The van der Waals surface area contributed by atoms with Crippen LogP contribution in [0.2, 0.25) is 0 Å². The van der Waals surface area contributed by atoms with Gasteiger partial charge in [-0.25, -0.2) is 0 Å². The first-order valence-corrected chi connectivity index (χ1v) is 25.4. The van der Waals surface area contributed by atoms with Crippen LogP contribution in [0, 0.1) is 0 Å². The van der Waals surface area contributed by atoms with Crippen molar-refractivity contribution < 1.29 is 138 Å². The third-order valence-corrected chi connectivity index (χ3v) is 13.5. The molecule has 14 N–H and O–H groups in total. The molecule has 0 aromatic carbocycles. The topological polar surface area (TPSA) is 412 Å². The Morgan fingerprint density at radius 1 is 0.286 bits per heavy atom. The van der Waals surface area contributed by atoms with Crippen molar-refractivity contribution in [2.45, 2.75) is 123 Å². The van der Waals surface area contributed by atoms with Crippen LogP contribution in [0.15, 0.2) is 0 Å². The fourth-order valence-electron chi connectivity index (χ4n) is 7.22. The van der Waals surface area contributed by atoms with Crippen molar-refractivity contribution >= 4 is 21.6 Å². The molecule has 0 amide bonds. The summed E-state index contributed by atoms with van der Waals surface area (Å²) in [5.74, 6) is 1.54. The van der Waals surface area contributed by atoms with Gasteiger partial charge in [0.15, 0.2) is 25.2 Å². The Hall–Kier alpha value is -0.420. The van der Waals surface area contributed by atoms with Gasteiger partial charge in [0.1, 0.15) is 97.7 Å².